The summed E-state index contributed by atoms with van der Waals surface area (Å²) in [4.78, 5) is 19.2. The van der Waals surface area contributed by atoms with E-state index in [1.54, 1.807) is 23.1 Å². The molecule has 1 atom stereocenters. The maximum absolute atomic E-state index is 12.9. The fourth-order valence-electron chi connectivity index (χ4n) is 3.46. The fourth-order valence-corrected chi connectivity index (χ4v) is 3.66. The summed E-state index contributed by atoms with van der Waals surface area (Å²) in [6.07, 6.45) is 2.74. The highest BCUT2D eigenvalue weighted by atomic mass is 35.5. The van der Waals surface area contributed by atoms with Crippen molar-refractivity contribution in [3.63, 3.8) is 0 Å². The number of benzene rings is 2. The Morgan fingerprint density at radius 1 is 1.21 bits per heavy atom. The van der Waals surface area contributed by atoms with Crippen LogP contribution in [0.2, 0.25) is 5.02 Å². The molecule has 1 fully saturated rings. The molecule has 1 aliphatic heterocycles. The van der Waals surface area contributed by atoms with E-state index >= 15 is 0 Å². The average Bonchev–Trinajstić information content (AvgIpc) is 3.18. The molecule has 7 heteroatoms. The first-order valence-electron chi connectivity index (χ1n) is 9.34. The molecule has 144 valence electrons. The number of anilines is 1. The second-order valence-electron chi connectivity index (χ2n) is 6.97. The first kappa shape index (κ1) is 18.5. The molecule has 0 bridgehead atoms. The lowest BCUT2D eigenvalue weighted by atomic mass is 10.0. The third kappa shape index (κ3) is 4.02. The van der Waals surface area contributed by atoms with Gasteiger partial charge in [0.05, 0.1) is 0 Å². The van der Waals surface area contributed by atoms with Crippen LogP contribution in [0.25, 0.3) is 11.4 Å². The van der Waals surface area contributed by atoms with Crippen LogP contribution in [0.5, 0.6) is 0 Å². The number of halogens is 1. The summed E-state index contributed by atoms with van der Waals surface area (Å²) in [5.41, 5.74) is 2.69. The van der Waals surface area contributed by atoms with Crippen molar-refractivity contribution in [2.75, 3.05) is 11.9 Å². The van der Waals surface area contributed by atoms with Gasteiger partial charge in [-0.15, -0.1) is 0 Å². The summed E-state index contributed by atoms with van der Waals surface area (Å²) in [7, 11) is 0. The van der Waals surface area contributed by atoms with Gasteiger partial charge >= 0.3 is 6.03 Å². The molecule has 0 saturated carbocycles. The van der Waals surface area contributed by atoms with Crippen LogP contribution in [0.3, 0.4) is 0 Å². The van der Waals surface area contributed by atoms with E-state index in [0.29, 0.717) is 29.0 Å². The van der Waals surface area contributed by atoms with Crippen molar-refractivity contribution in [2.45, 2.75) is 32.2 Å². The Hall–Kier alpha value is -2.86. The first-order chi connectivity index (χ1) is 13.6. The summed E-state index contributed by atoms with van der Waals surface area (Å²) in [5, 5.41) is 7.62. The predicted molar refractivity (Wildman–Crippen MR) is 108 cm³/mol. The molecule has 2 amide bonds. The van der Waals surface area contributed by atoms with E-state index in [-0.39, 0.29) is 12.1 Å². The smallest absolute Gasteiger partial charge is 0.322 e. The summed E-state index contributed by atoms with van der Waals surface area (Å²) in [6, 6.07) is 14.6. The minimum Gasteiger partial charge on any atom is -0.337 e. The topological polar surface area (TPSA) is 71.3 Å². The molecule has 6 nitrogen and oxygen atoms in total. The number of piperidine rings is 1. The van der Waals surface area contributed by atoms with Gasteiger partial charge in [-0.1, -0.05) is 46.6 Å². The monoisotopic (exact) mass is 396 g/mol. The second-order valence-corrected chi connectivity index (χ2v) is 7.41. The lowest BCUT2D eigenvalue weighted by molar-refractivity contribution is 0.142. The number of aromatic nitrogens is 2. The van der Waals surface area contributed by atoms with Gasteiger partial charge in [0.25, 0.3) is 0 Å². The largest absolute Gasteiger partial charge is 0.337 e. The van der Waals surface area contributed by atoms with Gasteiger partial charge in [-0.2, -0.15) is 4.98 Å². The predicted octanol–water partition coefficient (Wildman–Crippen LogP) is 5.46. The zero-order valence-electron chi connectivity index (χ0n) is 15.6. The summed E-state index contributed by atoms with van der Waals surface area (Å²) in [6.45, 7) is 2.66. The van der Waals surface area contributed by atoms with Gasteiger partial charge in [-0.25, -0.2) is 4.79 Å². The Bertz CT molecular complexity index is 988. The zero-order valence-corrected chi connectivity index (χ0v) is 16.3. The van der Waals surface area contributed by atoms with Crippen molar-refractivity contribution < 1.29 is 9.32 Å². The second kappa shape index (κ2) is 8.02. The van der Waals surface area contributed by atoms with E-state index in [4.69, 9.17) is 16.1 Å². The number of urea groups is 1. The number of hydrogen-bond acceptors (Lipinski definition) is 4. The van der Waals surface area contributed by atoms with Gasteiger partial charge in [0, 0.05) is 22.8 Å². The van der Waals surface area contributed by atoms with E-state index in [1.807, 2.05) is 37.3 Å². The molecule has 28 heavy (non-hydrogen) atoms. The van der Waals surface area contributed by atoms with Gasteiger partial charge in [0.2, 0.25) is 11.7 Å². The maximum Gasteiger partial charge on any atom is 0.322 e. The number of rotatable bonds is 3. The number of amides is 2. The Balaban J connectivity index is 1.55. The van der Waals surface area contributed by atoms with Crippen LogP contribution in [-0.4, -0.2) is 27.6 Å². The molecular formula is C21H21ClN4O2. The maximum atomic E-state index is 12.9. The van der Waals surface area contributed by atoms with Crippen molar-refractivity contribution in [3.05, 3.63) is 65.0 Å². The van der Waals surface area contributed by atoms with Crippen LogP contribution >= 0.6 is 11.6 Å². The van der Waals surface area contributed by atoms with Crippen LogP contribution in [0.4, 0.5) is 10.5 Å². The third-order valence-electron chi connectivity index (χ3n) is 4.84. The molecule has 0 radical (unpaired) electrons. The van der Waals surface area contributed by atoms with Crippen LogP contribution < -0.4 is 5.32 Å². The molecule has 1 aromatic heterocycles. The average molecular weight is 397 g/mol. The Morgan fingerprint density at radius 2 is 2.07 bits per heavy atom. The van der Waals surface area contributed by atoms with E-state index < -0.39 is 0 Å². The summed E-state index contributed by atoms with van der Waals surface area (Å²) >= 11 is 6.01. The van der Waals surface area contributed by atoms with Crippen LogP contribution in [0, 0.1) is 6.92 Å². The normalized spacial score (nSPS) is 16.8. The molecule has 4 rings (SSSR count). The van der Waals surface area contributed by atoms with Gasteiger partial charge < -0.3 is 14.7 Å². The van der Waals surface area contributed by atoms with Crippen molar-refractivity contribution in [1.29, 1.82) is 0 Å². The van der Waals surface area contributed by atoms with Gasteiger partial charge in [0.1, 0.15) is 6.04 Å². The van der Waals surface area contributed by atoms with E-state index in [1.165, 1.54) is 0 Å². The van der Waals surface area contributed by atoms with Gasteiger partial charge in [-0.05, 0) is 50.5 Å². The highest BCUT2D eigenvalue weighted by Crippen LogP contribution is 2.32. The minimum absolute atomic E-state index is 0.192. The Kier molecular flexibility index (Phi) is 5.30. The molecule has 2 heterocycles. The molecular weight excluding hydrogens is 376 g/mol. The Labute approximate surface area is 168 Å². The number of aryl methyl sites for hydroxylation is 1. The molecule has 2 aromatic carbocycles. The highest BCUT2D eigenvalue weighted by molar-refractivity contribution is 6.30. The number of carbonyl (C=O) groups is 1. The first-order valence-corrected chi connectivity index (χ1v) is 9.72. The number of carbonyl (C=O) groups excluding carboxylic acids is 1. The van der Waals surface area contributed by atoms with Crippen molar-refractivity contribution >= 4 is 23.3 Å². The fraction of sp³-hybridized carbons (Fsp3) is 0.286. The summed E-state index contributed by atoms with van der Waals surface area (Å²) < 4.78 is 5.54. The Morgan fingerprint density at radius 3 is 2.89 bits per heavy atom. The molecule has 1 saturated heterocycles. The van der Waals surface area contributed by atoms with E-state index in [9.17, 15) is 4.79 Å². The van der Waals surface area contributed by atoms with Crippen molar-refractivity contribution in [1.82, 2.24) is 15.0 Å². The molecule has 1 N–H and O–H groups in total. The minimum atomic E-state index is -0.237. The standard InChI is InChI=1S/C21H21ClN4O2/c1-14-6-4-7-15(12-14)19-24-20(28-25-19)18-10-2-3-11-26(18)21(27)23-17-9-5-8-16(22)13-17/h4-9,12-13,18H,2-3,10-11H2,1H3,(H,23,27)/t18-/m0/s1. The molecule has 0 aliphatic carbocycles. The molecule has 0 unspecified atom stereocenters. The number of nitrogens with zero attached hydrogens (tertiary/aromatic N) is 3. The van der Waals surface area contributed by atoms with Crippen molar-refractivity contribution in [2.24, 2.45) is 0 Å². The van der Waals surface area contributed by atoms with Crippen LogP contribution in [-0.2, 0) is 0 Å². The van der Waals surface area contributed by atoms with E-state index in [0.717, 1.165) is 30.4 Å². The third-order valence-corrected chi connectivity index (χ3v) is 5.08. The molecule has 0 spiro atoms. The molecule has 1 aliphatic rings. The zero-order chi connectivity index (χ0) is 19.5. The lowest BCUT2D eigenvalue weighted by Gasteiger charge is -2.33. The SMILES string of the molecule is Cc1cccc(-c2noc([C@@H]3CCCCN3C(=O)Nc3cccc(Cl)c3)n2)c1. The number of hydrogen-bond donors (Lipinski definition) is 1. The highest BCUT2D eigenvalue weighted by Gasteiger charge is 2.32. The van der Waals surface area contributed by atoms with Gasteiger partial charge in [0.15, 0.2) is 0 Å². The summed E-state index contributed by atoms with van der Waals surface area (Å²) in [5.74, 6) is 1.01. The number of nitrogens with one attached hydrogen (secondary N) is 1. The lowest BCUT2D eigenvalue weighted by Crippen LogP contribution is -2.41. The van der Waals surface area contributed by atoms with Crippen LogP contribution in [0.15, 0.2) is 53.1 Å². The molecule has 3 aromatic rings. The van der Waals surface area contributed by atoms with Gasteiger partial charge in [-0.3, -0.25) is 0 Å². The van der Waals surface area contributed by atoms with Crippen LogP contribution in [0.1, 0.15) is 36.8 Å². The van der Waals surface area contributed by atoms with Crippen molar-refractivity contribution in [3.8, 4) is 11.4 Å². The van der Waals surface area contributed by atoms with E-state index in [2.05, 4.69) is 15.5 Å². The quantitative estimate of drug-likeness (QED) is 0.638. The number of likely N-dealkylation sites (tertiary alicyclic amines) is 1.